The topological polar surface area (TPSA) is 0 Å². The molecule has 0 aliphatic rings. The molecule has 37 heteroatoms. The summed E-state index contributed by atoms with van der Waals surface area (Å²) in [4.78, 5) is 4.59. The summed E-state index contributed by atoms with van der Waals surface area (Å²) in [6.07, 6.45) is 0. The Labute approximate surface area is 206 Å². The summed E-state index contributed by atoms with van der Waals surface area (Å²) >= 11 is 0.230. The van der Waals surface area contributed by atoms with Crippen LogP contribution in [0.1, 0.15) is 0 Å². The van der Waals surface area contributed by atoms with Crippen LogP contribution in [-0.4, -0.2) is 21.1 Å². The monoisotopic (exact) mass is 912 g/mol. The summed E-state index contributed by atoms with van der Waals surface area (Å²) in [5.74, 6) is 0. The van der Waals surface area contributed by atoms with E-state index in [0.29, 0.717) is 0 Å². The zero-order chi connectivity index (χ0) is 34.7. The molecule has 0 atom stereocenters. The van der Waals surface area contributed by atoms with Gasteiger partial charge in [-0.2, -0.15) is 0 Å². The van der Waals surface area contributed by atoms with Gasteiger partial charge in [0.15, 0.2) is 0 Å². The van der Waals surface area contributed by atoms with Crippen LogP contribution in [0.15, 0.2) is 0 Å². The summed E-state index contributed by atoms with van der Waals surface area (Å²) in [5.41, 5.74) is 0. The van der Waals surface area contributed by atoms with Gasteiger partial charge in [0.1, 0.15) is 0 Å². The van der Waals surface area contributed by atoms with Gasteiger partial charge in [-0.05, 0) is 0 Å². The van der Waals surface area contributed by atoms with E-state index < -0.39 is 39.0 Å². The summed E-state index contributed by atoms with van der Waals surface area (Å²) < 4.78 is 296. The summed E-state index contributed by atoms with van der Waals surface area (Å²) in [7, 11) is -53.3. The third-order valence-electron chi connectivity index (χ3n) is 0. The van der Waals surface area contributed by atoms with Gasteiger partial charge in [-0.15, -0.1) is 0 Å². The smallest absolute Gasteiger partial charge is 0.295 e. The fourth-order valence-corrected chi connectivity index (χ4v) is 0. The van der Waals surface area contributed by atoms with Crippen LogP contribution in [0.25, 0.3) is 0 Å². The van der Waals surface area contributed by atoms with Crippen molar-refractivity contribution in [2.24, 2.45) is 0 Å². The van der Waals surface area contributed by atoms with Gasteiger partial charge < -0.3 is 0 Å². The fraction of sp³-hybridized carbons (Fsp3) is 1.00. The average molecular weight is 911 g/mol. The van der Waals surface area contributed by atoms with Crippen molar-refractivity contribution in [2.75, 3.05) is 0 Å². The van der Waals surface area contributed by atoms with Crippen LogP contribution in [0.4, 0.5) is 126 Å². The van der Waals surface area contributed by atoms with Crippen molar-refractivity contribution in [2.45, 2.75) is 9.88 Å². The van der Waals surface area contributed by atoms with Crippen LogP contribution >= 0.6 is 48.9 Å². The van der Waals surface area contributed by atoms with E-state index in [1.54, 1.807) is 0 Å². The quantitative estimate of drug-likeness (QED) is 0.129. The molecule has 0 radical (unpaired) electrons. The molecule has 0 aromatic carbocycles. The van der Waals surface area contributed by atoms with Gasteiger partial charge in [0, 0.05) is 0 Å². The number of rotatable bonds is 0. The van der Waals surface area contributed by atoms with Crippen molar-refractivity contribution in [3.8, 4) is 0 Å². The molecule has 0 aromatic rings. The normalized spacial score (nSPS) is 21.0. The Balaban J connectivity index is -0.0000000636. The molecule has 0 fully saturated rings. The molecular formula is C2H12F30P6Sn. The fourth-order valence-electron chi connectivity index (χ4n) is 0. The molecule has 0 saturated heterocycles. The second-order valence-electron chi connectivity index (χ2n) is 5.29. The molecule has 0 spiro atoms. The Bertz CT molecular complexity index is 524. The molecule has 0 bridgehead atoms. The largest absolute Gasteiger partial charge is 0.295 e. The number of hydrogen-bond donors (Lipinski definition) is 0. The molecular weight excluding hydrogens is 899 g/mol. The van der Waals surface area contributed by atoms with Gasteiger partial charge in [0.25, 0.3) is 0 Å². The Morgan fingerprint density at radius 3 is 0.231 bits per heavy atom. The Hall–Kier alpha value is 1.28. The van der Waals surface area contributed by atoms with Gasteiger partial charge in [-0.25, -0.2) is 0 Å². The van der Waals surface area contributed by atoms with Crippen LogP contribution in [0.3, 0.4) is 0 Å². The van der Waals surface area contributed by atoms with Crippen molar-refractivity contribution < 1.29 is 126 Å². The van der Waals surface area contributed by atoms with Crippen molar-refractivity contribution in [1.82, 2.24) is 0 Å². The van der Waals surface area contributed by atoms with E-state index in [2.05, 4.69) is 9.88 Å². The summed E-state index contributed by atoms with van der Waals surface area (Å²) in [6.45, 7) is 0. The van der Waals surface area contributed by atoms with E-state index in [1.807, 2.05) is 0 Å². The first-order valence-electron chi connectivity index (χ1n) is 6.07. The molecule has 0 aliphatic carbocycles. The molecule has 0 unspecified atom stereocenters. The van der Waals surface area contributed by atoms with E-state index in [9.17, 15) is 126 Å². The predicted molar refractivity (Wildman–Crippen MR) is 101 cm³/mol. The molecule has 264 valence electrons. The third kappa shape index (κ3) is 33400. The first-order chi connectivity index (χ1) is 13.7. The van der Waals surface area contributed by atoms with E-state index in [1.165, 1.54) is 0 Å². The van der Waals surface area contributed by atoms with E-state index in [0.717, 1.165) is 0 Å². The van der Waals surface area contributed by atoms with Gasteiger partial charge in [0.2, 0.25) is 0 Å². The van der Waals surface area contributed by atoms with Crippen molar-refractivity contribution in [3.05, 3.63) is 0 Å². The maximum atomic E-state index is 9.87. The van der Waals surface area contributed by atoms with Crippen LogP contribution < -0.4 is 0 Å². The molecule has 0 heterocycles. The van der Waals surface area contributed by atoms with Crippen LogP contribution in [0, 0.1) is 0 Å². The minimum Gasteiger partial charge on any atom is -0.295 e. The molecule has 0 aromatic heterocycles. The predicted octanol–water partition coefficient (Wildman–Crippen LogP) is 17.0. The van der Waals surface area contributed by atoms with E-state index in [-0.39, 0.29) is 31.0 Å². The molecule has 0 rings (SSSR count). The second-order valence-corrected chi connectivity index (χ2v) is 17.7. The van der Waals surface area contributed by atoms with Crippen LogP contribution in [0.2, 0.25) is 9.88 Å². The van der Waals surface area contributed by atoms with Crippen molar-refractivity contribution in [3.63, 3.8) is 0 Å². The van der Waals surface area contributed by atoms with Gasteiger partial charge in [-0.3, -0.25) is 9.90 Å². The third-order valence-corrected chi connectivity index (χ3v) is 0. The molecule has 0 saturated carbocycles. The summed E-state index contributed by atoms with van der Waals surface area (Å²) in [5, 5.41) is 0. The zero-order valence-electron chi connectivity index (χ0n) is 16.1. The van der Waals surface area contributed by atoms with E-state index in [4.69, 9.17) is 0 Å². The second kappa shape index (κ2) is 9.64. The molecule has 0 amide bonds. The Morgan fingerprint density at radius 2 is 0.231 bits per heavy atom. The SMILES string of the molecule is F[P-](F)(F)(F)(F)F.F[P-](F)(F)(F)(F)F.F[P-](F)(F)(F)(F)F.F[P-](F)(F)(F)(F)F.F[P-](F)(F)(F)(F)F.[CH3][Sn+2][CH3].[PH6+3]. The molecule has 0 N–H and O–H groups in total. The maximum absolute atomic E-state index is 10.7. The Kier molecular flexibility index (Phi) is 13.9. The first-order valence-corrected chi connectivity index (χ1v) is 21.9. The first kappa shape index (κ1) is 56.1. The molecule has 0 aliphatic heterocycles. The van der Waals surface area contributed by atoms with Gasteiger partial charge in [0.05, 0.1) is 0 Å². The standard InChI is InChI=1S/2CH3.5F6P.H6P.Sn/c;;5*1-7(2,3,4,5)6;;/h2*1H3;;;;;;1H6;/q;;5*-1;+3;+2. The van der Waals surface area contributed by atoms with Gasteiger partial charge >= 0.3 is 196 Å². The zero-order valence-corrected chi connectivity index (χ0v) is 23.4. The average Bonchev–Trinajstić information content (AvgIpc) is 1.83. The maximum Gasteiger partial charge on any atom is -0.295 e. The Morgan fingerprint density at radius 1 is 0.231 bits per heavy atom. The summed E-state index contributed by atoms with van der Waals surface area (Å²) in [6, 6.07) is 0. The number of hydrogen-bond acceptors (Lipinski definition) is 0. The molecule has 39 heavy (non-hydrogen) atoms. The van der Waals surface area contributed by atoms with Crippen molar-refractivity contribution in [1.29, 1.82) is 0 Å². The minimum atomic E-state index is -10.7. The van der Waals surface area contributed by atoms with Crippen LogP contribution in [-0.2, 0) is 0 Å². The van der Waals surface area contributed by atoms with Gasteiger partial charge in [-0.1, -0.05) is 0 Å². The van der Waals surface area contributed by atoms with Crippen LogP contribution in [0.5, 0.6) is 0 Å². The minimum absolute atomic E-state index is 0. The molecule has 0 nitrogen and oxygen atoms in total. The van der Waals surface area contributed by atoms with Crippen molar-refractivity contribution >= 4 is 70.1 Å². The number of halogens is 30. The van der Waals surface area contributed by atoms with E-state index >= 15 is 0 Å².